The number of ketones is 1. The van der Waals surface area contributed by atoms with Gasteiger partial charge in [0.15, 0.2) is 0 Å². The van der Waals surface area contributed by atoms with Crippen LogP contribution in [0.5, 0.6) is 5.75 Å². The summed E-state index contributed by atoms with van der Waals surface area (Å²) in [4.78, 5) is 25.0. The lowest BCUT2D eigenvalue weighted by Gasteiger charge is -2.30. The van der Waals surface area contributed by atoms with Gasteiger partial charge >= 0.3 is 12.1 Å². The minimum atomic E-state index is -4.42. The summed E-state index contributed by atoms with van der Waals surface area (Å²) in [5.74, 6) is -1.49. The van der Waals surface area contributed by atoms with Crippen LogP contribution in [0.1, 0.15) is 53.9 Å². The van der Waals surface area contributed by atoms with Gasteiger partial charge in [-0.05, 0) is 65.4 Å². The van der Waals surface area contributed by atoms with Crippen molar-refractivity contribution in [3.63, 3.8) is 0 Å². The van der Waals surface area contributed by atoms with Crippen molar-refractivity contribution in [2.75, 3.05) is 26.9 Å². The van der Waals surface area contributed by atoms with Gasteiger partial charge in [-0.25, -0.2) is 8.78 Å². The highest BCUT2D eigenvalue weighted by Crippen LogP contribution is 2.31. The molecule has 11 heteroatoms. The fourth-order valence-corrected chi connectivity index (χ4v) is 5.30. The predicted octanol–water partition coefficient (Wildman–Crippen LogP) is 6.48. The van der Waals surface area contributed by atoms with E-state index in [1.165, 1.54) is 18.2 Å². The van der Waals surface area contributed by atoms with E-state index in [2.05, 4.69) is 5.32 Å². The van der Waals surface area contributed by atoms with E-state index in [9.17, 15) is 31.5 Å². The molecular weight excluding hydrogens is 597 g/mol. The van der Waals surface area contributed by atoms with Crippen molar-refractivity contribution in [1.82, 2.24) is 5.32 Å². The second-order valence-electron chi connectivity index (χ2n) is 11.1. The molecule has 1 heterocycles. The lowest BCUT2D eigenvalue weighted by atomic mass is 9.85. The fourth-order valence-electron chi connectivity index (χ4n) is 5.30. The average Bonchev–Trinajstić information content (AvgIpc) is 3.02. The van der Waals surface area contributed by atoms with Gasteiger partial charge in [0.25, 0.3) is 0 Å². The summed E-state index contributed by atoms with van der Waals surface area (Å²) in [7, 11) is 1.56. The first-order valence-electron chi connectivity index (χ1n) is 14.8. The fraction of sp³-hybridized carbons (Fsp3) is 0.412. The molecule has 6 nitrogen and oxygen atoms in total. The normalized spacial score (nSPS) is 17.5. The summed E-state index contributed by atoms with van der Waals surface area (Å²) in [5.41, 5.74) is 2.66. The van der Waals surface area contributed by atoms with Gasteiger partial charge in [0.1, 0.15) is 29.8 Å². The number of nitrogens with one attached hydrogen (secondary N) is 1. The third kappa shape index (κ3) is 10.6. The molecule has 242 valence electrons. The van der Waals surface area contributed by atoms with Crippen LogP contribution in [0, 0.1) is 11.6 Å². The van der Waals surface area contributed by atoms with E-state index in [1.54, 1.807) is 43.5 Å². The number of benzene rings is 3. The van der Waals surface area contributed by atoms with Gasteiger partial charge < -0.3 is 19.5 Å². The Morgan fingerprint density at radius 2 is 1.69 bits per heavy atom. The smallest absolute Gasteiger partial charge is 0.389 e. The molecule has 3 aromatic carbocycles. The summed E-state index contributed by atoms with van der Waals surface area (Å²) >= 11 is 0. The van der Waals surface area contributed by atoms with Gasteiger partial charge in [0, 0.05) is 25.3 Å². The summed E-state index contributed by atoms with van der Waals surface area (Å²) in [6, 6.07) is 17.7. The molecule has 0 aliphatic carbocycles. The van der Waals surface area contributed by atoms with Crippen LogP contribution in [0.3, 0.4) is 0 Å². The van der Waals surface area contributed by atoms with E-state index in [1.807, 2.05) is 12.1 Å². The van der Waals surface area contributed by atoms with Crippen molar-refractivity contribution >= 4 is 11.8 Å². The zero-order valence-electron chi connectivity index (χ0n) is 24.9. The average molecular weight is 634 g/mol. The number of Topliss-reactive ketones (excluding diaryl/α,β-unsaturated/α-hetero) is 1. The van der Waals surface area contributed by atoms with Gasteiger partial charge in [-0.3, -0.25) is 9.59 Å². The molecule has 1 fully saturated rings. The van der Waals surface area contributed by atoms with Crippen LogP contribution >= 0.6 is 0 Å². The van der Waals surface area contributed by atoms with Crippen LogP contribution in [0.25, 0.3) is 0 Å². The van der Waals surface area contributed by atoms with Crippen molar-refractivity contribution in [3.8, 4) is 5.75 Å². The van der Waals surface area contributed by atoms with Crippen molar-refractivity contribution in [2.24, 2.45) is 0 Å². The Balaban J connectivity index is 1.33. The zero-order valence-corrected chi connectivity index (χ0v) is 24.9. The van der Waals surface area contributed by atoms with E-state index in [4.69, 9.17) is 14.2 Å². The van der Waals surface area contributed by atoms with Gasteiger partial charge in [-0.1, -0.05) is 36.4 Å². The highest BCUT2D eigenvalue weighted by atomic mass is 19.4. The zero-order chi connectivity index (χ0) is 32.4. The number of carbonyl (C=O) groups is 2. The van der Waals surface area contributed by atoms with Crippen molar-refractivity contribution < 1.29 is 45.8 Å². The Kier molecular flexibility index (Phi) is 12.1. The molecular formula is C34H36F5NO5. The van der Waals surface area contributed by atoms with Crippen molar-refractivity contribution in [2.45, 2.75) is 62.8 Å². The van der Waals surface area contributed by atoms with Crippen LogP contribution in [0.4, 0.5) is 22.0 Å². The first-order chi connectivity index (χ1) is 21.5. The number of esters is 1. The van der Waals surface area contributed by atoms with Crippen LogP contribution in [0.2, 0.25) is 0 Å². The second-order valence-corrected chi connectivity index (χ2v) is 11.1. The largest absolute Gasteiger partial charge is 0.497 e. The highest BCUT2D eigenvalue weighted by Gasteiger charge is 2.29. The minimum absolute atomic E-state index is 0.0203. The maximum atomic E-state index is 15.0. The Morgan fingerprint density at radius 3 is 2.31 bits per heavy atom. The van der Waals surface area contributed by atoms with Crippen LogP contribution in [-0.4, -0.2) is 56.9 Å². The van der Waals surface area contributed by atoms with Crippen LogP contribution in [0.15, 0.2) is 66.7 Å². The molecule has 0 aromatic heterocycles. The molecule has 0 saturated carbocycles. The third-order valence-corrected chi connectivity index (χ3v) is 7.77. The molecule has 1 saturated heterocycles. The van der Waals surface area contributed by atoms with Crippen LogP contribution in [-0.2, 0) is 31.9 Å². The Labute approximate surface area is 258 Å². The molecule has 45 heavy (non-hydrogen) atoms. The second kappa shape index (κ2) is 15.9. The molecule has 0 bridgehead atoms. The number of methoxy groups -OCH3 is 1. The number of morpholine rings is 1. The maximum absolute atomic E-state index is 15.0. The van der Waals surface area contributed by atoms with Crippen LogP contribution < -0.4 is 10.1 Å². The Morgan fingerprint density at radius 1 is 1.00 bits per heavy atom. The number of ether oxygens (including phenoxy) is 3. The molecule has 1 aliphatic rings. The maximum Gasteiger partial charge on any atom is 0.389 e. The number of halogens is 5. The molecule has 1 aliphatic heterocycles. The number of alkyl halides is 3. The summed E-state index contributed by atoms with van der Waals surface area (Å²) < 4.78 is 81.5. The van der Waals surface area contributed by atoms with E-state index < -0.39 is 30.8 Å². The number of rotatable bonds is 14. The van der Waals surface area contributed by atoms with Gasteiger partial charge in [-0.15, -0.1) is 0 Å². The number of hydrogen-bond donors (Lipinski definition) is 1. The Hall–Kier alpha value is -3.83. The molecule has 1 N–H and O–H groups in total. The van der Waals surface area contributed by atoms with E-state index >= 15 is 0 Å². The van der Waals surface area contributed by atoms with Crippen molar-refractivity contribution in [3.05, 3.63) is 101 Å². The number of carbonyl (C=O) groups excluding carboxylic acids is 2. The summed E-state index contributed by atoms with van der Waals surface area (Å²) in [5, 5.41) is 3.15. The summed E-state index contributed by atoms with van der Waals surface area (Å²) in [6.07, 6.45) is -5.74. The molecule has 0 spiro atoms. The standard InChI is InChI=1S/C34H36F5NO5/c1-43-28-11-7-23(8-12-28)31(22-5-9-25(35)10-6-22)18-27(41)17-24-3-2-4-32(36)30(24)14-13-29-19-40-26(20-44-29)21-45-33(42)15-16-34(37,38)39/h2-12,26,29,31,40H,13-21H2,1H3/t26-,29+,31+/m0/s1. The molecule has 0 amide bonds. The summed E-state index contributed by atoms with van der Waals surface area (Å²) in [6.45, 7) is 0.448. The lowest BCUT2D eigenvalue weighted by molar-refractivity contribution is -0.158. The first kappa shape index (κ1) is 34.1. The number of hydrogen-bond acceptors (Lipinski definition) is 6. The van der Waals surface area contributed by atoms with Crippen molar-refractivity contribution in [1.29, 1.82) is 0 Å². The van der Waals surface area contributed by atoms with Gasteiger partial charge in [0.2, 0.25) is 0 Å². The third-order valence-electron chi connectivity index (χ3n) is 7.77. The molecule has 4 rings (SSSR count). The molecule has 3 aromatic rings. The topological polar surface area (TPSA) is 73.9 Å². The SMILES string of the molecule is COc1ccc([C@H](CC(=O)Cc2cccc(F)c2CC[C@@H]2CN[C@H](COC(=O)CCC(F)(F)F)CO2)c2ccc(F)cc2)cc1. The molecule has 0 unspecified atom stereocenters. The molecule has 0 radical (unpaired) electrons. The van der Waals surface area contributed by atoms with E-state index in [0.29, 0.717) is 36.3 Å². The molecule has 3 atom stereocenters. The predicted molar refractivity (Wildman–Crippen MR) is 157 cm³/mol. The van der Waals surface area contributed by atoms with E-state index in [0.717, 1.165) is 11.1 Å². The highest BCUT2D eigenvalue weighted by molar-refractivity contribution is 5.82. The van der Waals surface area contributed by atoms with E-state index in [-0.39, 0.29) is 55.7 Å². The monoisotopic (exact) mass is 633 g/mol. The quantitative estimate of drug-likeness (QED) is 0.162. The lowest BCUT2D eigenvalue weighted by Crippen LogP contribution is -2.49. The Bertz CT molecular complexity index is 1400. The van der Waals surface area contributed by atoms with Gasteiger partial charge in [-0.2, -0.15) is 13.2 Å². The minimum Gasteiger partial charge on any atom is -0.497 e. The van der Waals surface area contributed by atoms with Gasteiger partial charge in [0.05, 0.1) is 38.7 Å². The first-order valence-corrected chi connectivity index (χ1v) is 14.8.